The fourth-order valence-corrected chi connectivity index (χ4v) is 5.15. The molecule has 0 aromatic heterocycles. The van der Waals surface area contributed by atoms with Crippen LogP contribution in [0, 0.1) is 5.92 Å². The first-order valence-corrected chi connectivity index (χ1v) is 14.6. The zero-order valence-electron chi connectivity index (χ0n) is 22.7. The summed E-state index contributed by atoms with van der Waals surface area (Å²) in [7, 11) is -2.25. The van der Waals surface area contributed by atoms with E-state index in [0.717, 1.165) is 26.9 Å². The average Bonchev–Trinajstić information content (AvgIpc) is 2.89. The molecule has 1 N–H and O–H groups in total. The number of sulfonamides is 1. The molecule has 0 heterocycles. The van der Waals surface area contributed by atoms with E-state index in [1.807, 2.05) is 63.2 Å². The lowest BCUT2D eigenvalue weighted by Gasteiger charge is -2.33. The maximum Gasteiger partial charge on any atom is 0.244 e. The van der Waals surface area contributed by atoms with Crippen LogP contribution in [0.3, 0.4) is 0 Å². The Morgan fingerprint density at radius 1 is 0.974 bits per heavy atom. The standard InChI is InChI=1S/C29H37N3O5S/c1-6-26(29(34)30-18-21(2)3)31(19-22-14-16-24(37-4)17-15-22)28(33)20-32(38(5,35)36)27-13-9-11-23-10-7-8-12-25(23)27/h7-17,21,26H,6,18-20H2,1-5H3,(H,30,34)/t26-/m1/s1. The molecule has 8 nitrogen and oxygen atoms in total. The van der Waals surface area contributed by atoms with Gasteiger partial charge in [-0.05, 0) is 41.5 Å². The van der Waals surface area contributed by atoms with Crippen molar-refractivity contribution in [1.29, 1.82) is 0 Å². The molecule has 204 valence electrons. The molecule has 1 atom stereocenters. The number of benzene rings is 3. The van der Waals surface area contributed by atoms with Gasteiger partial charge in [0.2, 0.25) is 21.8 Å². The first kappa shape index (κ1) is 29.0. The minimum atomic E-state index is -3.83. The fourth-order valence-electron chi connectivity index (χ4n) is 4.29. The predicted molar refractivity (Wildman–Crippen MR) is 152 cm³/mol. The number of nitrogens with one attached hydrogen (secondary N) is 1. The van der Waals surface area contributed by atoms with E-state index in [1.165, 1.54) is 4.90 Å². The Morgan fingerprint density at radius 2 is 1.63 bits per heavy atom. The van der Waals surface area contributed by atoms with Crippen molar-refractivity contribution < 1.29 is 22.7 Å². The summed E-state index contributed by atoms with van der Waals surface area (Å²) in [4.78, 5) is 28.6. The largest absolute Gasteiger partial charge is 0.497 e. The van der Waals surface area contributed by atoms with Crippen LogP contribution in [0.25, 0.3) is 10.8 Å². The van der Waals surface area contributed by atoms with Crippen LogP contribution in [0.4, 0.5) is 5.69 Å². The second-order valence-electron chi connectivity index (χ2n) is 9.70. The van der Waals surface area contributed by atoms with Crippen molar-refractivity contribution in [2.24, 2.45) is 5.92 Å². The van der Waals surface area contributed by atoms with Gasteiger partial charge in [0.15, 0.2) is 0 Å². The molecule has 3 rings (SSSR count). The number of amides is 2. The molecule has 2 amide bonds. The van der Waals surface area contributed by atoms with Crippen molar-refractivity contribution in [1.82, 2.24) is 10.2 Å². The number of hydrogen-bond acceptors (Lipinski definition) is 5. The first-order valence-electron chi connectivity index (χ1n) is 12.7. The Morgan fingerprint density at radius 3 is 2.24 bits per heavy atom. The van der Waals surface area contributed by atoms with Crippen molar-refractivity contribution in [2.45, 2.75) is 39.8 Å². The van der Waals surface area contributed by atoms with Crippen molar-refractivity contribution in [3.63, 3.8) is 0 Å². The van der Waals surface area contributed by atoms with Gasteiger partial charge >= 0.3 is 0 Å². The van der Waals surface area contributed by atoms with Gasteiger partial charge < -0.3 is 15.0 Å². The highest BCUT2D eigenvalue weighted by atomic mass is 32.2. The second kappa shape index (κ2) is 12.8. The summed E-state index contributed by atoms with van der Waals surface area (Å²) in [6.07, 6.45) is 1.46. The average molecular weight is 540 g/mol. The minimum absolute atomic E-state index is 0.142. The zero-order chi connectivity index (χ0) is 27.9. The summed E-state index contributed by atoms with van der Waals surface area (Å²) in [5, 5.41) is 4.51. The monoisotopic (exact) mass is 539 g/mol. The molecule has 0 unspecified atom stereocenters. The van der Waals surface area contributed by atoms with Crippen molar-refractivity contribution in [2.75, 3.05) is 30.8 Å². The third-order valence-electron chi connectivity index (χ3n) is 6.30. The molecule has 0 bridgehead atoms. The number of methoxy groups -OCH3 is 1. The number of nitrogens with zero attached hydrogens (tertiary/aromatic N) is 2. The van der Waals surface area contributed by atoms with Crippen LogP contribution in [0.1, 0.15) is 32.8 Å². The van der Waals surface area contributed by atoms with Gasteiger partial charge in [-0.15, -0.1) is 0 Å². The van der Waals surface area contributed by atoms with Crippen LogP contribution >= 0.6 is 0 Å². The van der Waals surface area contributed by atoms with Gasteiger partial charge in [-0.25, -0.2) is 8.42 Å². The topological polar surface area (TPSA) is 96.0 Å². The van der Waals surface area contributed by atoms with Crippen LogP contribution in [0.2, 0.25) is 0 Å². The number of rotatable bonds is 12. The molecule has 0 saturated carbocycles. The smallest absolute Gasteiger partial charge is 0.244 e. The Kier molecular flexibility index (Phi) is 9.74. The number of ether oxygens (including phenoxy) is 1. The Labute approximate surface area is 225 Å². The van der Waals surface area contributed by atoms with E-state index in [0.29, 0.717) is 24.4 Å². The number of carbonyl (C=O) groups excluding carboxylic acids is 2. The highest BCUT2D eigenvalue weighted by Gasteiger charge is 2.32. The van der Waals surface area contributed by atoms with E-state index in [9.17, 15) is 18.0 Å². The summed E-state index contributed by atoms with van der Waals surface area (Å²) in [5.74, 6) is 0.187. The molecule has 0 saturated heterocycles. The Hall–Kier alpha value is -3.59. The highest BCUT2D eigenvalue weighted by molar-refractivity contribution is 7.92. The van der Waals surface area contributed by atoms with Crippen LogP contribution in [0.15, 0.2) is 66.7 Å². The van der Waals surface area contributed by atoms with E-state index in [2.05, 4.69) is 5.32 Å². The van der Waals surface area contributed by atoms with Crippen LogP contribution in [-0.4, -0.2) is 57.6 Å². The second-order valence-corrected chi connectivity index (χ2v) is 11.6. The maximum atomic E-state index is 13.9. The molecular formula is C29H37N3O5S. The summed E-state index contributed by atoms with van der Waals surface area (Å²) in [6, 6.07) is 19.2. The molecule has 0 aliphatic rings. The summed E-state index contributed by atoms with van der Waals surface area (Å²) >= 11 is 0. The summed E-state index contributed by atoms with van der Waals surface area (Å²) in [5.41, 5.74) is 1.21. The first-order chi connectivity index (χ1) is 18.0. The number of anilines is 1. The zero-order valence-corrected chi connectivity index (χ0v) is 23.5. The minimum Gasteiger partial charge on any atom is -0.497 e. The lowest BCUT2D eigenvalue weighted by molar-refractivity contribution is -0.140. The number of carbonyl (C=O) groups is 2. The Bertz CT molecular complexity index is 1350. The maximum absolute atomic E-state index is 13.9. The highest BCUT2D eigenvalue weighted by Crippen LogP contribution is 2.29. The third kappa shape index (κ3) is 7.25. The molecule has 0 aliphatic heterocycles. The third-order valence-corrected chi connectivity index (χ3v) is 7.42. The molecule has 9 heteroatoms. The van der Waals surface area contributed by atoms with Gasteiger partial charge in [-0.2, -0.15) is 0 Å². The normalized spacial score (nSPS) is 12.3. The molecule has 0 radical (unpaired) electrons. The number of hydrogen-bond donors (Lipinski definition) is 1. The SMILES string of the molecule is CC[C@H](C(=O)NCC(C)C)N(Cc1ccc(OC)cc1)C(=O)CN(c1cccc2ccccc12)S(C)(=O)=O. The molecule has 0 fully saturated rings. The number of fused-ring (bicyclic) bond motifs is 1. The quantitative estimate of drug-likeness (QED) is 0.372. The van der Waals surface area contributed by atoms with Gasteiger partial charge in [0.05, 0.1) is 19.1 Å². The summed E-state index contributed by atoms with van der Waals surface area (Å²) in [6.45, 7) is 6.02. The van der Waals surface area contributed by atoms with Crippen LogP contribution < -0.4 is 14.4 Å². The van der Waals surface area contributed by atoms with E-state index in [4.69, 9.17) is 4.74 Å². The van der Waals surface area contributed by atoms with Gasteiger partial charge in [0.25, 0.3) is 0 Å². The van der Waals surface area contributed by atoms with Crippen molar-refractivity contribution in [3.8, 4) is 5.75 Å². The lowest BCUT2D eigenvalue weighted by atomic mass is 10.1. The van der Waals surface area contributed by atoms with Crippen LogP contribution in [-0.2, 0) is 26.2 Å². The predicted octanol–water partition coefficient (Wildman–Crippen LogP) is 4.19. The van der Waals surface area contributed by atoms with E-state index in [1.54, 1.807) is 31.4 Å². The van der Waals surface area contributed by atoms with Gasteiger partial charge in [0.1, 0.15) is 18.3 Å². The molecule has 3 aromatic carbocycles. The van der Waals surface area contributed by atoms with E-state index in [-0.39, 0.29) is 18.4 Å². The molecule has 0 aliphatic carbocycles. The lowest BCUT2D eigenvalue weighted by Crippen LogP contribution is -2.52. The Balaban J connectivity index is 2.00. The fraction of sp³-hybridized carbons (Fsp3) is 0.379. The van der Waals surface area contributed by atoms with Crippen molar-refractivity contribution >= 4 is 38.3 Å². The molecule has 0 spiro atoms. The molecule has 38 heavy (non-hydrogen) atoms. The van der Waals surface area contributed by atoms with Crippen molar-refractivity contribution in [3.05, 3.63) is 72.3 Å². The van der Waals surface area contributed by atoms with Crippen LogP contribution in [0.5, 0.6) is 5.75 Å². The van der Waals surface area contributed by atoms with E-state index < -0.39 is 28.5 Å². The molecular weight excluding hydrogens is 502 g/mol. The molecule has 3 aromatic rings. The van der Waals surface area contributed by atoms with Gasteiger partial charge in [-0.3, -0.25) is 13.9 Å². The van der Waals surface area contributed by atoms with Gasteiger partial charge in [0, 0.05) is 18.5 Å². The summed E-state index contributed by atoms with van der Waals surface area (Å²) < 4.78 is 32.3. The van der Waals surface area contributed by atoms with E-state index >= 15 is 0 Å². The van der Waals surface area contributed by atoms with Gasteiger partial charge in [-0.1, -0.05) is 69.3 Å².